The Morgan fingerprint density at radius 3 is 2.17 bits per heavy atom. The summed E-state index contributed by atoms with van der Waals surface area (Å²) >= 11 is 1.66. The van der Waals surface area contributed by atoms with Gasteiger partial charge in [0, 0.05) is 37.3 Å². The second kappa shape index (κ2) is 13.1. The van der Waals surface area contributed by atoms with Crippen LogP contribution in [0.1, 0.15) is 15.9 Å². The predicted molar refractivity (Wildman–Crippen MR) is 159 cm³/mol. The van der Waals surface area contributed by atoms with Crippen LogP contribution in [0.15, 0.2) is 89.6 Å². The Hall–Kier alpha value is -4.97. The molecule has 0 spiro atoms. The summed E-state index contributed by atoms with van der Waals surface area (Å²) in [6.07, 6.45) is -5.08. The van der Waals surface area contributed by atoms with Gasteiger partial charge in [0.15, 0.2) is 0 Å². The summed E-state index contributed by atoms with van der Waals surface area (Å²) < 4.78 is 31.7. The minimum atomic E-state index is -5.08. The van der Waals surface area contributed by atoms with E-state index in [-0.39, 0.29) is 5.91 Å². The topological polar surface area (TPSA) is 107 Å². The first-order valence-corrected chi connectivity index (χ1v) is 13.5. The molecular weight excluding hydrogens is 567 g/mol. The van der Waals surface area contributed by atoms with Gasteiger partial charge in [-0.05, 0) is 69.9 Å². The molecule has 0 fully saturated rings. The van der Waals surface area contributed by atoms with Gasteiger partial charge in [-0.15, -0.1) is 0 Å². The van der Waals surface area contributed by atoms with E-state index >= 15 is 0 Å². The van der Waals surface area contributed by atoms with Gasteiger partial charge in [-0.1, -0.05) is 36.4 Å². The molecule has 0 radical (unpaired) electrons. The van der Waals surface area contributed by atoms with Crippen molar-refractivity contribution in [2.75, 3.05) is 29.6 Å². The van der Waals surface area contributed by atoms with Crippen molar-refractivity contribution in [2.24, 2.45) is 0 Å². The number of carboxylic acids is 1. The van der Waals surface area contributed by atoms with Crippen LogP contribution in [0, 0.1) is 0 Å². The van der Waals surface area contributed by atoms with Crippen molar-refractivity contribution in [3.63, 3.8) is 0 Å². The number of carboxylic acid groups (broad SMARTS) is 1. The van der Waals surface area contributed by atoms with Gasteiger partial charge in [-0.3, -0.25) is 4.79 Å². The average molecular weight is 594 g/mol. The number of aliphatic carboxylic acids is 1. The molecular formula is C30H26F3N5O3S. The number of carbonyl (C=O) groups excluding carboxylic acids is 1. The number of benzene rings is 3. The standard InChI is InChI=1S/C28H25N5OS.C2HF3O2/c1-33(2)26-24-5-3-4-6-25(24)31-28(32-26)29-17-19-7-13-23(14-8-19)30-27(34)21-11-9-20(10-12-21)22-15-16-35-18-22;3-2(4,5)1(6)7/h3-16,18H,17H2,1-2H3,(H,30,34)(H,29,31,32);(H,6,7). The molecule has 0 aliphatic heterocycles. The number of rotatable bonds is 7. The molecule has 2 aromatic heterocycles. The van der Waals surface area contributed by atoms with Crippen molar-refractivity contribution in [1.29, 1.82) is 0 Å². The summed E-state index contributed by atoms with van der Waals surface area (Å²) in [6, 6.07) is 25.5. The fourth-order valence-electron chi connectivity index (χ4n) is 3.81. The molecule has 3 aromatic carbocycles. The first-order valence-electron chi connectivity index (χ1n) is 12.5. The third-order valence-corrected chi connectivity index (χ3v) is 6.60. The van der Waals surface area contributed by atoms with E-state index in [4.69, 9.17) is 9.90 Å². The maximum Gasteiger partial charge on any atom is 0.490 e. The number of anilines is 3. The highest BCUT2D eigenvalue weighted by Gasteiger charge is 2.38. The number of halogens is 3. The molecule has 0 aliphatic rings. The Balaban J connectivity index is 0.000000517. The molecule has 0 aliphatic carbocycles. The van der Waals surface area contributed by atoms with Crippen molar-refractivity contribution in [2.45, 2.75) is 12.7 Å². The summed E-state index contributed by atoms with van der Waals surface area (Å²) in [6.45, 7) is 0.573. The molecule has 1 amide bonds. The van der Waals surface area contributed by atoms with Crippen molar-refractivity contribution < 1.29 is 27.9 Å². The Labute approximate surface area is 243 Å². The number of carbonyl (C=O) groups is 2. The number of thiophene rings is 1. The van der Waals surface area contributed by atoms with E-state index in [9.17, 15) is 18.0 Å². The number of amides is 1. The number of alkyl halides is 3. The van der Waals surface area contributed by atoms with Crippen LogP contribution >= 0.6 is 11.3 Å². The van der Waals surface area contributed by atoms with Crippen LogP contribution < -0.4 is 15.5 Å². The molecule has 0 saturated heterocycles. The number of fused-ring (bicyclic) bond motifs is 1. The Morgan fingerprint density at radius 1 is 0.905 bits per heavy atom. The van der Waals surface area contributed by atoms with Gasteiger partial charge in [-0.2, -0.15) is 29.5 Å². The molecule has 0 saturated carbocycles. The van der Waals surface area contributed by atoms with E-state index in [2.05, 4.69) is 32.0 Å². The summed E-state index contributed by atoms with van der Waals surface area (Å²) in [7, 11) is 3.95. The SMILES string of the molecule is CN(C)c1nc(NCc2ccc(NC(=O)c3ccc(-c4ccsc4)cc3)cc2)nc2ccccc12.O=C(O)C(F)(F)F. The van der Waals surface area contributed by atoms with E-state index in [1.165, 1.54) is 0 Å². The van der Waals surface area contributed by atoms with E-state index in [0.717, 1.165) is 39.1 Å². The van der Waals surface area contributed by atoms with Gasteiger partial charge < -0.3 is 20.6 Å². The average Bonchev–Trinajstić information content (AvgIpc) is 3.51. The van der Waals surface area contributed by atoms with Crippen LogP contribution in [0.2, 0.25) is 0 Å². The number of para-hydroxylation sites is 1. The molecule has 0 unspecified atom stereocenters. The number of hydrogen-bond donors (Lipinski definition) is 3. The summed E-state index contributed by atoms with van der Waals surface area (Å²) in [5.41, 5.74) is 5.60. The van der Waals surface area contributed by atoms with Crippen molar-refractivity contribution in [3.8, 4) is 11.1 Å². The third-order valence-electron chi connectivity index (χ3n) is 5.91. The molecule has 5 aromatic rings. The summed E-state index contributed by atoms with van der Waals surface area (Å²) in [5.74, 6) is -1.43. The molecule has 2 heterocycles. The van der Waals surface area contributed by atoms with Crippen molar-refractivity contribution in [3.05, 3.63) is 101 Å². The van der Waals surface area contributed by atoms with Crippen LogP contribution in [0.3, 0.4) is 0 Å². The summed E-state index contributed by atoms with van der Waals surface area (Å²) in [5, 5.41) is 18.6. The highest BCUT2D eigenvalue weighted by atomic mass is 32.1. The van der Waals surface area contributed by atoms with Crippen LogP contribution in [0.25, 0.3) is 22.0 Å². The highest BCUT2D eigenvalue weighted by Crippen LogP contribution is 2.25. The zero-order valence-electron chi connectivity index (χ0n) is 22.5. The lowest BCUT2D eigenvalue weighted by atomic mass is 10.1. The van der Waals surface area contributed by atoms with Crippen LogP contribution in [0.5, 0.6) is 0 Å². The molecule has 3 N–H and O–H groups in total. The van der Waals surface area contributed by atoms with Gasteiger partial charge in [0.25, 0.3) is 5.91 Å². The molecule has 42 heavy (non-hydrogen) atoms. The quantitative estimate of drug-likeness (QED) is 0.188. The predicted octanol–water partition coefficient (Wildman–Crippen LogP) is 6.92. The number of hydrogen-bond acceptors (Lipinski definition) is 7. The maximum atomic E-state index is 12.7. The zero-order valence-corrected chi connectivity index (χ0v) is 23.3. The van der Waals surface area contributed by atoms with Crippen molar-refractivity contribution >= 4 is 51.6 Å². The number of aromatic nitrogens is 2. The third kappa shape index (κ3) is 7.82. The van der Waals surface area contributed by atoms with E-state index < -0.39 is 12.1 Å². The van der Waals surface area contributed by atoms with Crippen LogP contribution in [0.4, 0.5) is 30.6 Å². The van der Waals surface area contributed by atoms with E-state index in [1.54, 1.807) is 11.3 Å². The molecule has 0 atom stereocenters. The van der Waals surface area contributed by atoms with Gasteiger partial charge in [0.05, 0.1) is 5.52 Å². The fourth-order valence-corrected chi connectivity index (χ4v) is 4.48. The number of nitrogens with one attached hydrogen (secondary N) is 2. The zero-order chi connectivity index (χ0) is 30.3. The van der Waals surface area contributed by atoms with Crippen LogP contribution in [-0.2, 0) is 11.3 Å². The van der Waals surface area contributed by atoms with Gasteiger partial charge in [0.2, 0.25) is 5.95 Å². The van der Waals surface area contributed by atoms with E-state index in [1.807, 2.05) is 97.2 Å². The van der Waals surface area contributed by atoms with E-state index in [0.29, 0.717) is 18.1 Å². The minimum absolute atomic E-state index is 0.131. The largest absolute Gasteiger partial charge is 0.490 e. The highest BCUT2D eigenvalue weighted by molar-refractivity contribution is 7.08. The second-order valence-corrected chi connectivity index (χ2v) is 9.96. The van der Waals surface area contributed by atoms with Gasteiger partial charge in [0.1, 0.15) is 5.82 Å². The number of nitrogens with zero attached hydrogens (tertiary/aromatic N) is 3. The Morgan fingerprint density at radius 2 is 1.57 bits per heavy atom. The maximum absolute atomic E-state index is 12.7. The minimum Gasteiger partial charge on any atom is -0.475 e. The molecule has 0 bridgehead atoms. The monoisotopic (exact) mass is 593 g/mol. The lowest BCUT2D eigenvalue weighted by Gasteiger charge is -2.16. The Bertz CT molecular complexity index is 1660. The fraction of sp³-hybridized carbons (Fsp3) is 0.133. The van der Waals surface area contributed by atoms with Gasteiger partial charge in [-0.25, -0.2) is 9.78 Å². The lowest BCUT2D eigenvalue weighted by molar-refractivity contribution is -0.192. The smallest absolute Gasteiger partial charge is 0.475 e. The molecule has 5 rings (SSSR count). The van der Waals surface area contributed by atoms with Crippen molar-refractivity contribution in [1.82, 2.24) is 9.97 Å². The van der Waals surface area contributed by atoms with Crippen LogP contribution in [-0.4, -0.2) is 47.2 Å². The second-order valence-electron chi connectivity index (χ2n) is 9.18. The molecule has 8 nitrogen and oxygen atoms in total. The molecule has 216 valence electrons. The normalized spacial score (nSPS) is 10.9. The van der Waals surface area contributed by atoms with Gasteiger partial charge >= 0.3 is 12.1 Å². The molecule has 12 heteroatoms. The summed E-state index contributed by atoms with van der Waals surface area (Å²) in [4.78, 5) is 32.9. The Kier molecular flexibility index (Phi) is 9.38. The first kappa shape index (κ1) is 30.0. The lowest BCUT2D eigenvalue weighted by Crippen LogP contribution is -2.21. The first-order chi connectivity index (χ1) is 20.0.